The van der Waals surface area contributed by atoms with Gasteiger partial charge in [0.15, 0.2) is 10.5 Å². The predicted octanol–water partition coefficient (Wildman–Crippen LogP) is 9.43. The molecule has 0 saturated heterocycles. The lowest BCUT2D eigenvalue weighted by Gasteiger charge is -2.19. The van der Waals surface area contributed by atoms with E-state index in [4.69, 9.17) is 26.1 Å². The molecule has 0 unspecified atom stereocenters. The molecule has 0 amide bonds. The van der Waals surface area contributed by atoms with Gasteiger partial charge in [-0.15, -0.1) is 0 Å². The fraction of sp³-hybridized carbons (Fsp3) is 0.455. The SMILES string of the molecule is CCCCCCCCCCCCN(C)c1ccc2cc(/C=C/C(=O)c3ccc(OC)cc3OC)c(=S)oc2c1. The summed E-state index contributed by atoms with van der Waals surface area (Å²) in [6, 6.07) is 13.3. The molecule has 2 aromatic carbocycles. The van der Waals surface area contributed by atoms with Crippen molar-refractivity contribution >= 4 is 40.7 Å². The van der Waals surface area contributed by atoms with Crippen LogP contribution in [0.1, 0.15) is 87.1 Å². The van der Waals surface area contributed by atoms with Crippen molar-refractivity contribution in [3.63, 3.8) is 0 Å². The summed E-state index contributed by atoms with van der Waals surface area (Å²) < 4.78 is 16.9. The fourth-order valence-corrected chi connectivity index (χ4v) is 4.91. The first-order valence-electron chi connectivity index (χ1n) is 14.2. The molecular formula is C33H43NO4S. The summed E-state index contributed by atoms with van der Waals surface area (Å²) in [5.41, 5.74) is 2.99. The Bertz CT molecular complexity index is 1300. The number of hydrogen-bond donors (Lipinski definition) is 0. The van der Waals surface area contributed by atoms with Crippen molar-refractivity contribution in [1.82, 2.24) is 0 Å². The summed E-state index contributed by atoms with van der Waals surface area (Å²) in [6.45, 7) is 3.28. The van der Waals surface area contributed by atoms with Crippen LogP contribution in [0.3, 0.4) is 0 Å². The second-order valence-corrected chi connectivity index (χ2v) is 10.4. The van der Waals surface area contributed by atoms with Crippen molar-refractivity contribution in [3.8, 4) is 11.5 Å². The minimum Gasteiger partial charge on any atom is -0.497 e. The van der Waals surface area contributed by atoms with Crippen molar-refractivity contribution < 1.29 is 18.7 Å². The van der Waals surface area contributed by atoms with Crippen LogP contribution < -0.4 is 14.4 Å². The van der Waals surface area contributed by atoms with Crippen LogP contribution in [0.25, 0.3) is 17.0 Å². The summed E-state index contributed by atoms with van der Waals surface area (Å²) in [6.07, 6.45) is 16.5. The average Bonchev–Trinajstić information content (AvgIpc) is 2.96. The van der Waals surface area contributed by atoms with Gasteiger partial charge in [-0.25, -0.2) is 0 Å². The molecule has 0 radical (unpaired) electrons. The topological polar surface area (TPSA) is 51.9 Å². The molecule has 0 spiro atoms. The Kier molecular flexibility index (Phi) is 12.6. The molecule has 210 valence electrons. The number of allylic oxidation sites excluding steroid dienone is 1. The number of nitrogens with zero attached hydrogens (tertiary/aromatic N) is 1. The molecule has 39 heavy (non-hydrogen) atoms. The third-order valence-corrected chi connectivity index (χ3v) is 7.44. The monoisotopic (exact) mass is 549 g/mol. The zero-order valence-electron chi connectivity index (χ0n) is 24.0. The molecule has 0 aliphatic carbocycles. The number of carbonyl (C=O) groups is 1. The van der Waals surface area contributed by atoms with Gasteiger partial charge in [0.05, 0.1) is 19.8 Å². The third-order valence-electron chi connectivity index (χ3n) is 7.12. The van der Waals surface area contributed by atoms with E-state index in [9.17, 15) is 4.79 Å². The van der Waals surface area contributed by atoms with E-state index < -0.39 is 0 Å². The number of fused-ring (bicyclic) bond motifs is 1. The van der Waals surface area contributed by atoms with E-state index >= 15 is 0 Å². The Hall–Kier alpha value is -3.12. The molecule has 0 N–H and O–H groups in total. The molecule has 0 fully saturated rings. The zero-order chi connectivity index (χ0) is 28.0. The van der Waals surface area contributed by atoms with Crippen molar-refractivity contribution in [2.75, 3.05) is 32.7 Å². The van der Waals surface area contributed by atoms with Crippen LogP contribution in [0.4, 0.5) is 5.69 Å². The van der Waals surface area contributed by atoms with E-state index in [0.717, 1.165) is 23.2 Å². The van der Waals surface area contributed by atoms with Crippen LogP contribution in [0.15, 0.2) is 53.0 Å². The Labute approximate surface area is 238 Å². The maximum atomic E-state index is 12.8. The highest BCUT2D eigenvalue weighted by Crippen LogP contribution is 2.27. The second-order valence-electron chi connectivity index (χ2n) is 10.1. The van der Waals surface area contributed by atoms with E-state index in [-0.39, 0.29) is 5.78 Å². The number of anilines is 1. The number of hydrogen-bond acceptors (Lipinski definition) is 6. The first kappa shape index (κ1) is 30.4. The molecule has 0 aliphatic rings. The lowest BCUT2D eigenvalue weighted by molar-refractivity contribution is 0.104. The minimum atomic E-state index is -0.187. The fourth-order valence-electron chi connectivity index (χ4n) is 4.69. The maximum Gasteiger partial charge on any atom is 0.198 e. The molecule has 3 aromatic rings. The van der Waals surface area contributed by atoms with Crippen LogP contribution in [-0.4, -0.2) is 33.6 Å². The predicted molar refractivity (Wildman–Crippen MR) is 165 cm³/mol. The highest BCUT2D eigenvalue weighted by Gasteiger charge is 2.12. The molecule has 1 heterocycles. The molecule has 0 saturated carbocycles. The highest BCUT2D eigenvalue weighted by molar-refractivity contribution is 7.71. The number of benzene rings is 2. The van der Waals surface area contributed by atoms with Gasteiger partial charge in [-0.3, -0.25) is 4.79 Å². The number of unbranched alkanes of at least 4 members (excludes halogenated alkanes) is 9. The van der Waals surface area contributed by atoms with E-state index in [1.165, 1.54) is 77.4 Å². The smallest absolute Gasteiger partial charge is 0.198 e. The largest absolute Gasteiger partial charge is 0.497 e. The molecule has 3 rings (SSSR count). The second kappa shape index (κ2) is 16.1. The maximum absolute atomic E-state index is 12.8. The third kappa shape index (κ3) is 9.24. The van der Waals surface area contributed by atoms with Crippen LogP contribution in [0, 0.1) is 4.71 Å². The Morgan fingerprint density at radius 1 is 0.897 bits per heavy atom. The number of rotatable bonds is 17. The van der Waals surface area contributed by atoms with E-state index in [2.05, 4.69) is 24.9 Å². The molecule has 0 atom stereocenters. The lowest BCUT2D eigenvalue weighted by atomic mass is 10.1. The van der Waals surface area contributed by atoms with E-state index in [0.29, 0.717) is 27.3 Å². The minimum absolute atomic E-state index is 0.187. The first-order chi connectivity index (χ1) is 19.0. The molecule has 0 aliphatic heterocycles. The van der Waals surface area contributed by atoms with Gasteiger partial charge in [0.25, 0.3) is 0 Å². The van der Waals surface area contributed by atoms with Gasteiger partial charge in [0.1, 0.15) is 17.1 Å². The van der Waals surface area contributed by atoms with Crippen LogP contribution in [0.5, 0.6) is 11.5 Å². The highest BCUT2D eigenvalue weighted by atomic mass is 32.1. The molecule has 0 bridgehead atoms. The van der Waals surface area contributed by atoms with Crippen molar-refractivity contribution in [2.24, 2.45) is 0 Å². The first-order valence-corrected chi connectivity index (χ1v) is 14.6. The Balaban J connectivity index is 1.55. The van der Waals surface area contributed by atoms with E-state index in [1.807, 2.05) is 18.2 Å². The van der Waals surface area contributed by atoms with Gasteiger partial charge < -0.3 is 18.8 Å². The molecule has 5 nitrogen and oxygen atoms in total. The summed E-state index contributed by atoms with van der Waals surface area (Å²) in [5.74, 6) is 0.898. The van der Waals surface area contributed by atoms with Gasteiger partial charge >= 0.3 is 0 Å². The molecular weight excluding hydrogens is 506 g/mol. The standard InChI is InChI=1S/C33H43NO4S/c1-5-6-7-8-9-10-11-12-13-14-21-34(2)27-17-15-25-22-26(33(39)38-31(25)23-27)16-20-30(35)29-19-18-28(36-3)24-32(29)37-4/h15-20,22-24H,5-14,21H2,1-4H3/b20-16+. The molecule has 1 aromatic heterocycles. The normalized spacial score (nSPS) is 11.3. The van der Waals surface area contributed by atoms with E-state index in [1.54, 1.807) is 31.4 Å². The zero-order valence-corrected chi connectivity index (χ0v) is 24.8. The van der Waals surface area contributed by atoms with Crippen molar-refractivity contribution in [2.45, 2.75) is 71.1 Å². The van der Waals surface area contributed by atoms with Crippen molar-refractivity contribution in [1.29, 1.82) is 0 Å². The summed E-state index contributed by atoms with van der Waals surface area (Å²) in [5, 5.41) is 0.939. The Morgan fingerprint density at radius 2 is 1.59 bits per heavy atom. The van der Waals surface area contributed by atoms with Gasteiger partial charge in [0.2, 0.25) is 0 Å². The average molecular weight is 550 g/mol. The number of carbonyl (C=O) groups excluding carboxylic acids is 1. The van der Waals surface area contributed by atoms with Crippen LogP contribution in [-0.2, 0) is 0 Å². The van der Waals surface area contributed by atoms with Gasteiger partial charge in [-0.05, 0) is 61.1 Å². The van der Waals surface area contributed by atoms with Crippen LogP contribution in [0.2, 0.25) is 0 Å². The van der Waals surface area contributed by atoms with Gasteiger partial charge in [0, 0.05) is 42.4 Å². The lowest BCUT2D eigenvalue weighted by Crippen LogP contribution is -2.18. The quantitative estimate of drug-likeness (QED) is 0.0723. The number of methoxy groups -OCH3 is 2. The summed E-state index contributed by atoms with van der Waals surface area (Å²) in [7, 11) is 5.23. The van der Waals surface area contributed by atoms with Crippen molar-refractivity contribution in [3.05, 3.63) is 64.4 Å². The summed E-state index contributed by atoms with van der Waals surface area (Å²) in [4.78, 5) is 15.1. The summed E-state index contributed by atoms with van der Waals surface area (Å²) >= 11 is 5.50. The van der Waals surface area contributed by atoms with Gasteiger partial charge in [-0.1, -0.05) is 64.7 Å². The van der Waals surface area contributed by atoms with Crippen LogP contribution >= 0.6 is 12.2 Å². The molecule has 6 heteroatoms. The Morgan fingerprint density at radius 3 is 2.26 bits per heavy atom. The van der Waals surface area contributed by atoms with Gasteiger partial charge in [-0.2, -0.15) is 0 Å². The number of ketones is 1. The number of ether oxygens (including phenoxy) is 2.